The Balaban J connectivity index is 2.22. The van der Waals surface area contributed by atoms with E-state index in [0.29, 0.717) is 0 Å². The first-order valence-corrected chi connectivity index (χ1v) is 5.51. The van der Waals surface area contributed by atoms with Crippen molar-refractivity contribution in [2.75, 3.05) is 27.4 Å². The Labute approximate surface area is 86.7 Å². The normalized spacial score (nSPS) is 27.9. The largest absolute Gasteiger partial charge is 0.385 e. The molecule has 1 heterocycles. The van der Waals surface area contributed by atoms with Crippen molar-refractivity contribution < 1.29 is 14.2 Å². The minimum Gasteiger partial charge on any atom is -0.385 e. The van der Waals surface area contributed by atoms with Gasteiger partial charge in [-0.2, -0.15) is 0 Å². The lowest BCUT2D eigenvalue weighted by Crippen LogP contribution is -2.38. The lowest BCUT2D eigenvalue weighted by atomic mass is 9.99. The van der Waals surface area contributed by atoms with Gasteiger partial charge < -0.3 is 14.2 Å². The predicted molar refractivity (Wildman–Crippen MR) is 55.3 cm³/mol. The summed E-state index contributed by atoms with van der Waals surface area (Å²) in [4.78, 5) is 0. The molecule has 0 aromatic rings. The molecule has 0 aliphatic carbocycles. The molecule has 1 atom stereocenters. The molecule has 1 aliphatic heterocycles. The van der Waals surface area contributed by atoms with Gasteiger partial charge in [-0.3, -0.25) is 0 Å². The van der Waals surface area contributed by atoms with Crippen LogP contribution in [0.4, 0.5) is 0 Å². The third-order valence-electron chi connectivity index (χ3n) is 2.85. The zero-order valence-electron chi connectivity index (χ0n) is 9.38. The van der Waals surface area contributed by atoms with E-state index in [1.165, 1.54) is 12.8 Å². The van der Waals surface area contributed by atoms with Gasteiger partial charge in [0.2, 0.25) is 0 Å². The molecule has 0 saturated carbocycles. The zero-order chi connectivity index (χ0) is 10.3. The Morgan fingerprint density at radius 1 is 1.21 bits per heavy atom. The molecular formula is C11H22O3. The molecule has 1 saturated heterocycles. The van der Waals surface area contributed by atoms with E-state index in [4.69, 9.17) is 14.2 Å². The number of rotatable bonds is 6. The van der Waals surface area contributed by atoms with E-state index >= 15 is 0 Å². The average Bonchev–Trinajstić information content (AvgIpc) is 2.26. The summed E-state index contributed by atoms with van der Waals surface area (Å²) >= 11 is 0. The topological polar surface area (TPSA) is 27.7 Å². The van der Waals surface area contributed by atoms with Crippen LogP contribution in [-0.4, -0.2) is 33.2 Å². The Morgan fingerprint density at radius 2 is 2.07 bits per heavy atom. The number of methoxy groups -OCH3 is 2. The Morgan fingerprint density at radius 3 is 2.64 bits per heavy atom. The van der Waals surface area contributed by atoms with Crippen LogP contribution in [0.15, 0.2) is 0 Å². The fraction of sp³-hybridized carbons (Fsp3) is 1.00. The van der Waals surface area contributed by atoms with Crippen LogP contribution >= 0.6 is 0 Å². The third kappa shape index (κ3) is 3.56. The summed E-state index contributed by atoms with van der Waals surface area (Å²) in [5, 5.41) is 0. The highest BCUT2D eigenvalue weighted by Crippen LogP contribution is 2.30. The van der Waals surface area contributed by atoms with Gasteiger partial charge in [0.05, 0.1) is 6.61 Å². The highest BCUT2D eigenvalue weighted by Gasteiger charge is 2.32. The standard InChI is InChI=1S/C11H22O3/c1-12-9-5-3-7-11(13-2)8-4-6-10-14-11/h3-10H2,1-2H3. The minimum atomic E-state index is -0.286. The molecule has 3 heteroatoms. The molecule has 0 aromatic carbocycles. The van der Waals surface area contributed by atoms with Crippen LogP contribution < -0.4 is 0 Å². The molecule has 0 spiro atoms. The summed E-state index contributed by atoms with van der Waals surface area (Å²) in [5.74, 6) is -0.286. The predicted octanol–water partition coefficient (Wildman–Crippen LogP) is 2.35. The summed E-state index contributed by atoms with van der Waals surface area (Å²) in [6.07, 6.45) is 6.62. The molecule has 0 aromatic heterocycles. The van der Waals surface area contributed by atoms with Crippen molar-refractivity contribution in [1.82, 2.24) is 0 Å². The van der Waals surface area contributed by atoms with Gasteiger partial charge in [0.15, 0.2) is 5.79 Å². The van der Waals surface area contributed by atoms with Crippen LogP contribution in [0.25, 0.3) is 0 Å². The first-order chi connectivity index (χ1) is 6.83. The van der Waals surface area contributed by atoms with Gasteiger partial charge in [-0.15, -0.1) is 0 Å². The van der Waals surface area contributed by atoms with Crippen molar-refractivity contribution in [3.8, 4) is 0 Å². The molecule has 0 N–H and O–H groups in total. The van der Waals surface area contributed by atoms with E-state index in [9.17, 15) is 0 Å². The Bertz CT molecular complexity index is 141. The summed E-state index contributed by atoms with van der Waals surface area (Å²) in [6.45, 7) is 1.68. The van der Waals surface area contributed by atoms with Gasteiger partial charge in [-0.1, -0.05) is 0 Å². The first kappa shape index (κ1) is 12.0. The summed E-state index contributed by atoms with van der Waals surface area (Å²) in [7, 11) is 3.49. The van der Waals surface area contributed by atoms with Crippen LogP contribution in [0, 0.1) is 0 Å². The van der Waals surface area contributed by atoms with Gasteiger partial charge in [-0.05, 0) is 25.7 Å². The Kier molecular flexibility index (Phi) is 5.45. The van der Waals surface area contributed by atoms with Crippen LogP contribution in [0.2, 0.25) is 0 Å². The van der Waals surface area contributed by atoms with E-state index in [1.807, 2.05) is 0 Å². The van der Waals surface area contributed by atoms with Crippen molar-refractivity contribution in [1.29, 1.82) is 0 Å². The van der Waals surface area contributed by atoms with Gasteiger partial charge in [0.1, 0.15) is 0 Å². The monoisotopic (exact) mass is 202 g/mol. The van der Waals surface area contributed by atoms with Crippen LogP contribution in [0.1, 0.15) is 38.5 Å². The molecule has 84 valence electrons. The smallest absolute Gasteiger partial charge is 0.167 e. The summed E-state index contributed by atoms with van der Waals surface area (Å²) < 4.78 is 16.2. The van der Waals surface area contributed by atoms with Crippen molar-refractivity contribution in [2.24, 2.45) is 0 Å². The molecule has 0 bridgehead atoms. The maximum Gasteiger partial charge on any atom is 0.167 e. The molecule has 0 amide bonds. The van der Waals surface area contributed by atoms with Crippen LogP contribution in [0.5, 0.6) is 0 Å². The minimum absolute atomic E-state index is 0.286. The number of hydrogen-bond donors (Lipinski definition) is 0. The van der Waals surface area contributed by atoms with Crippen LogP contribution in [-0.2, 0) is 14.2 Å². The maximum atomic E-state index is 5.73. The quantitative estimate of drug-likeness (QED) is 0.619. The molecule has 3 nitrogen and oxygen atoms in total. The van der Waals surface area contributed by atoms with E-state index in [2.05, 4.69) is 0 Å². The van der Waals surface area contributed by atoms with E-state index < -0.39 is 0 Å². The van der Waals surface area contributed by atoms with Crippen molar-refractivity contribution in [3.63, 3.8) is 0 Å². The molecule has 14 heavy (non-hydrogen) atoms. The number of hydrogen-bond acceptors (Lipinski definition) is 3. The Hall–Kier alpha value is -0.120. The molecule has 1 unspecified atom stereocenters. The van der Waals surface area contributed by atoms with E-state index in [-0.39, 0.29) is 5.79 Å². The molecule has 0 radical (unpaired) electrons. The zero-order valence-corrected chi connectivity index (χ0v) is 9.38. The summed E-state index contributed by atoms with van der Waals surface area (Å²) in [5.41, 5.74) is 0. The van der Waals surface area contributed by atoms with Crippen molar-refractivity contribution >= 4 is 0 Å². The van der Waals surface area contributed by atoms with Crippen LogP contribution in [0.3, 0.4) is 0 Å². The maximum absolute atomic E-state index is 5.73. The highest BCUT2D eigenvalue weighted by molar-refractivity contribution is 4.73. The third-order valence-corrected chi connectivity index (χ3v) is 2.85. The van der Waals surface area contributed by atoms with E-state index in [0.717, 1.165) is 38.9 Å². The fourth-order valence-electron chi connectivity index (χ4n) is 1.93. The fourth-order valence-corrected chi connectivity index (χ4v) is 1.93. The lowest BCUT2D eigenvalue weighted by molar-refractivity contribution is -0.246. The average molecular weight is 202 g/mol. The second-order valence-corrected chi connectivity index (χ2v) is 3.87. The first-order valence-electron chi connectivity index (χ1n) is 5.51. The SMILES string of the molecule is COCCCCC1(OC)CCCCO1. The molecule has 1 fully saturated rings. The summed E-state index contributed by atoms with van der Waals surface area (Å²) in [6, 6.07) is 0. The lowest BCUT2D eigenvalue weighted by Gasteiger charge is -2.36. The van der Waals surface area contributed by atoms with Gasteiger partial charge >= 0.3 is 0 Å². The highest BCUT2D eigenvalue weighted by atomic mass is 16.7. The molecular weight excluding hydrogens is 180 g/mol. The van der Waals surface area contributed by atoms with E-state index in [1.54, 1.807) is 14.2 Å². The van der Waals surface area contributed by atoms with Gasteiger partial charge in [0.25, 0.3) is 0 Å². The van der Waals surface area contributed by atoms with Gasteiger partial charge in [0, 0.05) is 33.7 Å². The van der Waals surface area contributed by atoms with Crippen molar-refractivity contribution in [3.05, 3.63) is 0 Å². The number of ether oxygens (including phenoxy) is 3. The second kappa shape index (κ2) is 6.38. The second-order valence-electron chi connectivity index (χ2n) is 3.87. The van der Waals surface area contributed by atoms with Crippen molar-refractivity contribution in [2.45, 2.75) is 44.3 Å². The number of unbranched alkanes of at least 4 members (excludes halogenated alkanes) is 1. The molecule has 1 rings (SSSR count). The van der Waals surface area contributed by atoms with Gasteiger partial charge in [-0.25, -0.2) is 0 Å². The molecule has 1 aliphatic rings.